The topological polar surface area (TPSA) is 153 Å². The standard InChI is InChI=1S/C18H20ClFN6O3S/c19-18-23-7-12(20)17(25-18)24-15-11-4-8(14(15)16(22)27)5-13(11)26-30(28,29)10-3-1-2-9(21)6-10/h1-3,6-8,11,13-15,26H,4-5,21H2,(H2,22,27)(H,23,24,25)/t8-,11+,13+,14-,15+/m0/s1. The Morgan fingerprint density at radius 3 is 2.77 bits per heavy atom. The Bertz CT molecular complexity index is 1100. The zero-order chi connectivity index (χ0) is 21.6. The zero-order valence-electron chi connectivity index (χ0n) is 15.6. The van der Waals surface area contributed by atoms with Crippen LogP contribution in [0.4, 0.5) is 15.9 Å². The molecule has 0 spiro atoms. The van der Waals surface area contributed by atoms with E-state index in [4.69, 9.17) is 23.1 Å². The highest BCUT2D eigenvalue weighted by Gasteiger charge is 2.55. The van der Waals surface area contributed by atoms with Crippen molar-refractivity contribution in [3.8, 4) is 0 Å². The van der Waals surface area contributed by atoms with Gasteiger partial charge in [-0.25, -0.2) is 22.5 Å². The van der Waals surface area contributed by atoms with E-state index >= 15 is 0 Å². The summed E-state index contributed by atoms with van der Waals surface area (Å²) in [7, 11) is -3.83. The Hall–Kier alpha value is -2.50. The summed E-state index contributed by atoms with van der Waals surface area (Å²) >= 11 is 5.75. The molecule has 5 atom stereocenters. The summed E-state index contributed by atoms with van der Waals surface area (Å²) in [6.45, 7) is 0. The molecule has 9 nitrogen and oxygen atoms in total. The fourth-order valence-corrected chi connectivity index (χ4v) is 6.14. The maximum atomic E-state index is 14.1. The van der Waals surface area contributed by atoms with Crippen LogP contribution in [0.1, 0.15) is 12.8 Å². The van der Waals surface area contributed by atoms with Gasteiger partial charge in [0.1, 0.15) is 0 Å². The van der Waals surface area contributed by atoms with Crippen molar-refractivity contribution < 1.29 is 17.6 Å². The molecule has 1 aromatic carbocycles. The Morgan fingerprint density at radius 2 is 2.07 bits per heavy atom. The van der Waals surface area contributed by atoms with Crippen molar-refractivity contribution >= 4 is 39.0 Å². The van der Waals surface area contributed by atoms with Crippen molar-refractivity contribution in [2.24, 2.45) is 23.5 Å². The monoisotopic (exact) mass is 454 g/mol. The number of nitrogens with two attached hydrogens (primary N) is 2. The quantitative estimate of drug-likeness (QED) is 0.376. The van der Waals surface area contributed by atoms with Crippen LogP contribution >= 0.6 is 11.6 Å². The molecule has 2 fully saturated rings. The summed E-state index contributed by atoms with van der Waals surface area (Å²) in [5.74, 6) is -2.44. The van der Waals surface area contributed by atoms with Gasteiger partial charge >= 0.3 is 0 Å². The predicted octanol–water partition coefficient (Wildman–Crippen LogP) is 1.12. The van der Waals surface area contributed by atoms with Gasteiger partial charge in [-0.2, -0.15) is 4.98 Å². The minimum absolute atomic E-state index is 0.0508. The second-order valence-corrected chi connectivity index (χ2v) is 9.68. The summed E-state index contributed by atoms with van der Waals surface area (Å²) in [6.07, 6.45) is 1.94. The lowest BCUT2D eigenvalue weighted by Gasteiger charge is -2.35. The van der Waals surface area contributed by atoms with Crippen LogP contribution in [0, 0.1) is 23.6 Å². The summed E-state index contributed by atoms with van der Waals surface area (Å²) < 4.78 is 42.5. The number of hydrogen-bond donors (Lipinski definition) is 4. The number of nitrogen functional groups attached to an aromatic ring is 1. The molecule has 2 bridgehead atoms. The average molecular weight is 455 g/mol. The SMILES string of the molecule is NC(=O)[C@H]1[C@H]2C[C@@H]([C@H]1Nc1nc(Cl)ncc1F)[C@H](NS(=O)(=O)c1cccc(N)c1)C2. The van der Waals surface area contributed by atoms with E-state index < -0.39 is 39.7 Å². The molecular formula is C18H20ClFN6O3S. The molecule has 0 radical (unpaired) electrons. The van der Waals surface area contributed by atoms with Gasteiger partial charge < -0.3 is 16.8 Å². The maximum Gasteiger partial charge on any atom is 0.240 e. The van der Waals surface area contributed by atoms with Crippen molar-refractivity contribution in [2.45, 2.75) is 29.8 Å². The number of carbonyl (C=O) groups excluding carboxylic acids is 1. The molecule has 0 aliphatic heterocycles. The Labute approximate surface area is 177 Å². The van der Waals surface area contributed by atoms with Gasteiger partial charge in [0, 0.05) is 17.8 Å². The number of nitrogens with one attached hydrogen (secondary N) is 2. The summed E-state index contributed by atoms with van der Waals surface area (Å²) in [5, 5.41) is 2.76. The largest absolute Gasteiger partial charge is 0.399 e. The summed E-state index contributed by atoms with van der Waals surface area (Å²) in [4.78, 5) is 19.5. The van der Waals surface area contributed by atoms with Crippen LogP contribution in [0.15, 0.2) is 35.4 Å². The number of nitrogens with zero attached hydrogens (tertiary/aromatic N) is 2. The number of halogens is 2. The molecule has 0 unspecified atom stereocenters. The summed E-state index contributed by atoms with van der Waals surface area (Å²) in [5.41, 5.74) is 11.6. The second kappa shape index (κ2) is 7.64. The van der Waals surface area contributed by atoms with E-state index in [2.05, 4.69) is 20.0 Å². The first-order chi connectivity index (χ1) is 14.2. The molecule has 160 valence electrons. The van der Waals surface area contributed by atoms with Gasteiger partial charge in [0.2, 0.25) is 21.2 Å². The highest BCUT2D eigenvalue weighted by Crippen LogP contribution is 2.50. The number of sulfonamides is 1. The first kappa shape index (κ1) is 20.8. The van der Waals surface area contributed by atoms with E-state index in [1.54, 1.807) is 12.1 Å². The second-order valence-electron chi connectivity index (χ2n) is 7.63. The molecule has 30 heavy (non-hydrogen) atoms. The van der Waals surface area contributed by atoms with Crippen LogP contribution < -0.4 is 21.5 Å². The zero-order valence-corrected chi connectivity index (χ0v) is 17.2. The highest BCUT2D eigenvalue weighted by molar-refractivity contribution is 7.89. The van der Waals surface area contributed by atoms with Gasteiger partial charge in [0.25, 0.3) is 0 Å². The van der Waals surface area contributed by atoms with E-state index in [1.165, 1.54) is 12.1 Å². The molecule has 2 saturated carbocycles. The number of hydrogen-bond acceptors (Lipinski definition) is 7. The minimum atomic E-state index is -3.83. The van der Waals surface area contributed by atoms with Crippen LogP contribution in [0.5, 0.6) is 0 Å². The number of anilines is 2. The lowest BCUT2D eigenvalue weighted by Crippen LogP contribution is -2.51. The number of primary amides is 1. The number of benzene rings is 1. The minimum Gasteiger partial charge on any atom is -0.399 e. The van der Waals surface area contributed by atoms with Crippen LogP contribution in [-0.2, 0) is 14.8 Å². The Morgan fingerprint density at radius 1 is 1.30 bits per heavy atom. The van der Waals surface area contributed by atoms with E-state index in [9.17, 15) is 17.6 Å². The number of fused-ring (bicyclic) bond motifs is 2. The average Bonchev–Trinajstić information content (AvgIpc) is 3.22. The molecule has 2 aliphatic rings. The van der Waals surface area contributed by atoms with Crippen molar-refractivity contribution in [1.29, 1.82) is 0 Å². The van der Waals surface area contributed by atoms with Crippen LogP contribution in [0.2, 0.25) is 5.28 Å². The van der Waals surface area contributed by atoms with Crippen molar-refractivity contribution in [1.82, 2.24) is 14.7 Å². The summed E-state index contributed by atoms with van der Waals surface area (Å²) in [6, 6.07) is 4.90. The number of aromatic nitrogens is 2. The smallest absolute Gasteiger partial charge is 0.240 e. The molecule has 1 amide bonds. The molecule has 1 heterocycles. The van der Waals surface area contributed by atoms with Crippen LogP contribution in [0.3, 0.4) is 0 Å². The van der Waals surface area contributed by atoms with Crippen LogP contribution in [-0.4, -0.2) is 36.4 Å². The molecule has 2 aromatic rings. The first-order valence-corrected chi connectivity index (χ1v) is 11.1. The lowest BCUT2D eigenvalue weighted by atomic mass is 9.81. The van der Waals surface area contributed by atoms with Crippen molar-refractivity contribution in [2.75, 3.05) is 11.1 Å². The van der Waals surface area contributed by atoms with Gasteiger partial charge in [-0.15, -0.1) is 0 Å². The fraction of sp³-hybridized carbons (Fsp3) is 0.389. The van der Waals surface area contributed by atoms with Gasteiger partial charge in [-0.1, -0.05) is 6.07 Å². The number of rotatable bonds is 6. The van der Waals surface area contributed by atoms with Crippen LogP contribution in [0.25, 0.3) is 0 Å². The molecule has 1 aromatic heterocycles. The fourth-order valence-electron chi connectivity index (χ4n) is 4.66. The molecular weight excluding hydrogens is 435 g/mol. The molecule has 0 saturated heterocycles. The normalized spacial score (nSPS) is 27.9. The number of amides is 1. The molecule has 2 aliphatic carbocycles. The first-order valence-electron chi connectivity index (χ1n) is 9.27. The third-order valence-electron chi connectivity index (χ3n) is 5.83. The van der Waals surface area contributed by atoms with E-state index in [0.717, 1.165) is 6.20 Å². The maximum absolute atomic E-state index is 14.1. The Kier molecular flexibility index (Phi) is 5.28. The molecule has 12 heteroatoms. The Balaban J connectivity index is 1.59. The van der Waals surface area contributed by atoms with Gasteiger partial charge in [-0.3, -0.25) is 4.79 Å². The molecule has 4 rings (SSSR count). The van der Waals surface area contributed by atoms with Crippen molar-refractivity contribution in [3.63, 3.8) is 0 Å². The highest BCUT2D eigenvalue weighted by atomic mass is 35.5. The lowest BCUT2D eigenvalue weighted by molar-refractivity contribution is -0.123. The van der Waals surface area contributed by atoms with Gasteiger partial charge in [0.15, 0.2) is 11.6 Å². The molecule has 6 N–H and O–H groups in total. The van der Waals surface area contributed by atoms with Gasteiger partial charge in [0.05, 0.1) is 17.0 Å². The van der Waals surface area contributed by atoms with E-state index in [1.807, 2.05) is 0 Å². The third-order valence-corrected chi connectivity index (χ3v) is 7.50. The van der Waals surface area contributed by atoms with E-state index in [0.29, 0.717) is 18.5 Å². The number of carbonyl (C=O) groups is 1. The van der Waals surface area contributed by atoms with Crippen molar-refractivity contribution in [3.05, 3.63) is 41.6 Å². The predicted molar refractivity (Wildman–Crippen MR) is 108 cm³/mol. The van der Waals surface area contributed by atoms with Gasteiger partial charge in [-0.05, 0) is 54.5 Å². The van der Waals surface area contributed by atoms with E-state index in [-0.39, 0.29) is 27.8 Å². The third kappa shape index (κ3) is 3.80.